The van der Waals surface area contributed by atoms with Crippen molar-refractivity contribution in [2.75, 3.05) is 25.0 Å². The third-order valence-corrected chi connectivity index (χ3v) is 3.34. The van der Waals surface area contributed by atoms with Gasteiger partial charge in [-0.15, -0.1) is 0 Å². The van der Waals surface area contributed by atoms with Crippen LogP contribution in [0, 0.1) is 0 Å². The van der Waals surface area contributed by atoms with E-state index in [-0.39, 0.29) is 0 Å². The number of pyridine rings is 1. The van der Waals surface area contributed by atoms with Crippen molar-refractivity contribution in [1.82, 2.24) is 9.88 Å². The number of carbonyl (C=O) groups excluding carboxylic acids is 1. The van der Waals surface area contributed by atoms with E-state index >= 15 is 0 Å². The Labute approximate surface area is 107 Å². The first-order valence-corrected chi connectivity index (χ1v) is 6.43. The molecule has 0 saturated carbocycles. The number of nitrogens with zero attached hydrogens (tertiary/aromatic N) is 2. The molecule has 0 aromatic carbocycles. The lowest BCUT2D eigenvalue weighted by Gasteiger charge is -2.32. The van der Waals surface area contributed by atoms with Crippen molar-refractivity contribution >= 4 is 11.6 Å². The van der Waals surface area contributed by atoms with Crippen LogP contribution in [0.3, 0.4) is 0 Å². The normalized spacial score (nSPS) is 20.6. The lowest BCUT2D eigenvalue weighted by Crippen LogP contribution is -2.41. The number of nitrogens with two attached hydrogens (primary N) is 1. The maximum atomic E-state index is 11.1. The first-order valence-electron chi connectivity index (χ1n) is 6.43. The van der Waals surface area contributed by atoms with Gasteiger partial charge in [0, 0.05) is 24.5 Å². The molecule has 98 valence electrons. The third-order valence-electron chi connectivity index (χ3n) is 3.34. The second-order valence-corrected chi connectivity index (χ2v) is 4.67. The molecule has 0 spiro atoms. The van der Waals surface area contributed by atoms with E-state index in [0.717, 1.165) is 25.2 Å². The number of anilines is 1. The summed E-state index contributed by atoms with van der Waals surface area (Å²) in [6, 6.07) is 4.02. The summed E-state index contributed by atoms with van der Waals surface area (Å²) in [5.74, 6) is -0.488. The molecule has 1 aliphatic rings. The summed E-state index contributed by atoms with van der Waals surface area (Å²) in [6.07, 6.45) is 3.98. The fraction of sp³-hybridized carbons (Fsp3) is 0.538. The topological polar surface area (TPSA) is 71.2 Å². The van der Waals surface area contributed by atoms with Gasteiger partial charge in [0.25, 0.3) is 5.91 Å². The van der Waals surface area contributed by atoms with Gasteiger partial charge in [0.2, 0.25) is 0 Å². The molecule has 1 aromatic rings. The number of piperidine rings is 1. The van der Waals surface area contributed by atoms with E-state index in [1.165, 1.54) is 13.0 Å². The predicted molar refractivity (Wildman–Crippen MR) is 71.5 cm³/mol. The van der Waals surface area contributed by atoms with Crippen molar-refractivity contribution in [2.24, 2.45) is 5.73 Å². The van der Waals surface area contributed by atoms with Gasteiger partial charge in [-0.1, -0.05) is 6.92 Å². The number of hydrogen-bond acceptors (Lipinski definition) is 4. The molecule has 1 aliphatic heterocycles. The van der Waals surface area contributed by atoms with Gasteiger partial charge in [0.05, 0.1) is 0 Å². The Morgan fingerprint density at radius 1 is 1.67 bits per heavy atom. The van der Waals surface area contributed by atoms with Gasteiger partial charge in [0.1, 0.15) is 5.69 Å². The van der Waals surface area contributed by atoms with Crippen molar-refractivity contribution < 1.29 is 4.79 Å². The predicted octanol–water partition coefficient (Wildman–Crippen LogP) is 1.08. The number of carbonyl (C=O) groups is 1. The minimum absolute atomic E-state index is 0.308. The van der Waals surface area contributed by atoms with E-state index in [4.69, 9.17) is 5.73 Å². The number of primary amides is 1. The number of likely N-dealkylation sites (tertiary alicyclic amines) is 1. The highest BCUT2D eigenvalue weighted by Gasteiger charge is 2.18. The van der Waals surface area contributed by atoms with Crippen LogP contribution in [0.25, 0.3) is 0 Å². The molecular weight excluding hydrogens is 228 g/mol. The summed E-state index contributed by atoms with van der Waals surface area (Å²) >= 11 is 0. The third kappa shape index (κ3) is 3.20. The Bertz CT molecular complexity index is 421. The summed E-state index contributed by atoms with van der Waals surface area (Å²) in [5.41, 5.74) is 6.45. The highest BCUT2D eigenvalue weighted by Crippen LogP contribution is 2.16. The lowest BCUT2D eigenvalue weighted by molar-refractivity contribution is 0.0995. The van der Waals surface area contributed by atoms with E-state index in [9.17, 15) is 4.79 Å². The van der Waals surface area contributed by atoms with Gasteiger partial charge in [-0.3, -0.25) is 9.78 Å². The fourth-order valence-corrected chi connectivity index (χ4v) is 2.35. The second-order valence-electron chi connectivity index (χ2n) is 4.67. The Morgan fingerprint density at radius 3 is 3.22 bits per heavy atom. The molecular formula is C13H20N4O. The molecule has 1 atom stereocenters. The quantitative estimate of drug-likeness (QED) is 0.836. The molecule has 18 heavy (non-hydrogen) atoms. The number of rotatable bonds is 4. The molecule has 2 rings (SSSR count). The zero-order valence-corrected chi connectivity index (χ0v) is 10.7. The highest BCUT2D eigenvalue weighted by atomic mass is 16.1. The van der Waals surface area contributed by atoms with Gasteiger partial charge < -0.3 is 16.0 Å². The summed E-state index contributed by atoms with van der Waals surface area (Å²) in [6.45, 7) is 5.49. The molecule has 1 unspecified atom stereocenters. The Kier molecular flexibility index (Phi) is 4.15. The SMILES string of the molecule is CCN1CCCC(Nc2ccnc(C(N)=O)c2)C1. The molecule has 2 heterocycles. The first-order chi connectivity index (χ1) is 8.69. The molecule has 0 radical (unpaired) electrons. The Hall–Kier alpha value is -1.62. The molecule has 5 nitrogen and oxygen atoms in total. The van der Waals surface area contributed by atoms with Crippen LogP contribution < -0.4 is 11.1 Å². The number of hydrogen-bond donors (Lipinski definition) is 2. The second kappa shape index (κ2) is 5.82. The minimum Gasteiger partial charge on any atom is -0.381 e. The van der Waals surface area contributed by atoms with E-state index in [0.29, 0.717) is 11.7 Å². The van der Waals surface area contributed by atoms with Crippen molar-refractivity contribution in [3.8, 4) is 0 Å². The van der Waals surface area contributed by atoms with Crippen molar-refractivity contribution in [2.45, 2.75) is 25.8 Å². The molecule has 0 aliphatic carbocycles. The summed E-state index contributed by atoms with van der Waals surface area (Å²) in [7, 11) is 0. The fourth-order valence-electron chi connectivity index (χ4n) is 2.35. The average Bonchev–Trinajstić information content (AvgIpc) is 2.39. The minimum atomic E-state index is -0.488. The maximum Gasteiger partial charge on any atom is 0.267 e. The summed E-state index contributed by atoms with van der Waals surface area (Å²) in [4.78, 5) is 17.4. The number of likely N-dealkylation sites (N-methyl/N-ethyl adjacent to an activating group) is 1. The van der Waals surface area contributed by atoms with Gasteiger partial charge in [-0.25, -0.2) is 0 Å². The Balaban J connectivity index is 2.00. The summed E-state index contributed by atoms with van der Waals surface area (Å²) in [5, 5.41) is 3.45. The van der Waals surface area contributed by atoms with Crippen LogP contribution in [0.4, 0.5) is 5.69 Å². The molecule has 1 saturated heterocycles. The zero-order valence-electron chi connectivity index (χ0n) is 10.7. The van der Waals surface area contributed by atoms with Crippen molar-refractivity contribution in [3.63, 3.8) is 0 Å². The number of aromatic nitrogens is 1. The molecule has 1 aromatic heterocycles. The van der Waals surface area contributed by atoms with Gasteiger partial charge in [0.15, 0.2) is 0 Å². The average molecular weight is 248 g/mol. The largest absolute Gasteiger partial charge is 0.381 e. The number of nitrogens with one attached hydrogen (secondary N) is 1. The van der Waals surface area contributed by atoms with E-state index in [2.05, 4.69) is 22.1 Å². The van der Waals surface area contributed by atoms with Crippen LogP contribution in [0.1, 0.15) is 30.3 Å². The van der Waals surface area contributed by atoms with Crippen LogP contribution in [0.5, 0.6) is 0 Å². The van der Waals surface area contributed by atoms with Crippen LogP contribution in [0.15, 0.2) is 18.3 Å². The highest BCUT2D eigenvalue weighted by molar-refractivity contribution is 5.91. The zero-order chi connectivity index (χ0) is 13.0. The molecule has 5 heteroatoms. The van der Waals surface area contributed by atoms with Crippen molar-refractivity contribution in [3.05, 3.63) is 24.0 Å². The Morgan fingerprint density at radius 2 is 2.50 bits per heavy atom. The molecule has 0 bridgehead atoms. The maximum absolute atomic E-state index is 11.1. The molecule has 1 amide bonds. The van der Waals surface area contributed by atoms with E-state index < -0.39 is 5.91 Å². The van der Waals surface area contributed by atoms with Crippen LogP contribution in [0.2, 0.25) is 0 Å². The van der Waals surface area contributed by atoms with E-state index in [1.807, 2.05) is 6.07 Å². The molecule has 1 fully saturated rings. The lowest BCUT2D eigenvalue weighted by atomic mass is 10.1. The number of amides is 1. The van der Waals surface area contributed by atoms with E-state index in [1.54, 1.807) is 12.3 Å². The monoisotopic (exact) mass is 248 g/mol. The smallest absolute Gasteiger partial charge is 0.267 e. The van der Waals surface area contributed by atoms with Gasteiger partial charge >= 0.3 is 0 Å². The van der Waals surface area contributed by atoms with Gasteiger partial charge in [-0.2, -0.15) is 0 Å². The van der Waals surface area contributed by atoms with Gasteiger partial charge in [-0.05, 0) is 38.1 Å². The first kappa shape index (κ1) is 12.8. The van der Waals surface area contributed by atoms with Crippen LogP contribution in [-0.2, 0) is 0 Å². The summed E-state index contributed by atoms with van der Waals surface area (Å²) < 4.78 is 0. The van der Waals surface area contributed by atoms with Crippen LogP contribution in [-0.4, -0.2) is 41.5 Å². The van der Waals surface area contributed by atoms with Crippen molar-refractivity contribution in [1.29, 1.82) is 0 Å². The molecule has 3 N–H and O–H groups in total. The standard InChI is InChI=1S/C13H20N4O/c1-2-17-7-3-4-11(9-17)16-10-5-6-15-12(8-10)13(14)18/h5-6,8,11H,2-4,7,9H2,1H3,(H2,14,18)(H,15,16). The van der Waals surface area contributed by atoms with Crippen LogP contribution >= 0.6 is 0 Å².